The molecule has 0 fully saturated rings. The number of aryl methyl sites for hydroxylation is 1. The third-order valence-electron chi connectivity index (χ3n) is 4.07. The highest BCUT2D eigenvalue weighted by molar-refractivity contribution is 7.16. The van der Waals surface area contributed by atoms with Gasteiger partial charge in [0.05, 0.1) is 21.8 Å². The molecule has 27 heavy (non-hydrogen) atoms. The number of rotatable bonds is 6. The Morgan fingerprint density at radius 3 is 2.63 bits per heavy atom. The first-order valence-corrected chi connectivity index (χ1v) is 9.97. The summed E-state index contributed by atoms with van der Waals surface area (Å²) in [4.78, 5) is 17.7. The van der Waals surface area contributed by atoms with Crippen LogP contribution in [0, 0.1) is 6.92 Å². The number of aromatic nitrogens is 1. The Morgan fingerprint density at radius 2 is 1.93 bits per heavy atom. The fourth-order valence-corrected chi connectivity index (χ4v) is 3.80. The summed E-state index contributed by atoms with van der Waals surface area (Å²) in [6.07, 6.45) is -0.113. The number of halogens is 2. The first-order valence-electron chi connectivity index (χ1n) is 8.39. The highest BCUT2D eigenvalue weighted by atomic mass is 35.5. The fourth-order valence-electron chi connectivity index (χ4n) is 2.65. The Hall–Kier alpha value is -1.92. The van der Waals surface area contributed by atoms with Gasteiger partial charge in [0.1, 0.15) is 0 Å². The van der Waals surface area contributed by atoms with Crippen molar-refractivity contribution in [2.24, 2.45) is 0 Å². The van der Waals surface area contributed by atoms with Gasteiger partial charge in [-0.3, -0.25) is 4.79 Å². The molecule has 1 aromatic heterocycles. The first-order chi connectivity index (χ1) is 12.9. The summed E-state index contributed by atoms with van der Waals surface area (Å²) in [7, 11) is 0. The maximum atomic E-state index is 12.2. The van der Waals surface area contributed by atoms with E-state index in [1.54, 1.807) is 12.1 Å². The van der Waals surface area contributed by atoms with E-state index in [-0.39, 0.29) is 12.3 Å². The zero-order valence-corrected chi connectivity index (χ0v) is 16.9. The lowest BCUT2D eigenvalue weighted by Gasteiger charge is -2.10. The maximum absolute atomic E-state index is 12.2. The zero-order valence-electron chi connectivity index (χ0n) is 14.6. The lowest BCUT2D eigenvalue weighted by Crippen LogP contribution is -2.12. The minimum Gasteiger partial charge on any atom is -0.388 e. The molecular weight excluding hydrogens is 403 g/mol. The van der Waals surface area contributed by atoms with Crippen LogP contribution in [0.5, 0.6) is 0 Å². The minimum atomic E-state index is -0.665. The van der Waals surface area contributed by atoms with Crippen LogP contribution in [-0.4, -0.2) is 16.0 Å². The molecule has 140 valence electrons. The van der Waals surface area contributed by atoms with Crippen molar-refractivity contribution in [3.05, 3.63) is 69.0 Å². The molecule has 0 aliphatic carbocycles. The Balaban J connectivity index is 1.62. The van der Waals surface area contributed by atoms with Crippen LogP contribution in [0.2, 0.25) is 10.0 Å². The van der Waals surface area contributed by atoms with Crippen molar-refractivity contribution in [3.63, 3.8) is 0 Å². The molecule has 2 aromatic carbocycles. The van der Waals surface area contributed by atoms with Gasteiger partial charge in [-0.1, -0.05) is 59.6 Å². The third kappa shape index (κ3) is 5.08. The number of nitrogens with zero attached hydrogens (tertiary/aromatic N) is 1. The van der Waals surface area contributed by atoms with Gasteiger partial charge in [-0.05, 0) is 31.0 Å². The van der Waals surface area contributed by atoms with E-state index in [0.717, 1.165) is 21.7 Å². The van der Waals surface area contributed by atoms with Crippen molar-refractivity contribution in [1.29, 1.82) is 0 Å². The lowest BCUT2D eigenvalue weighted by molar-refractivity contribution is -0.116. The Morgan fingerprint density at radius 1 is 1.19 bits per heavy atom. The second-order valence-corrected chi connectivity index (χ2v) is 8.08. The largest absolute Gasteiger partial charge is 0.388 e. The molecule has 0 unspecified atom stereocenters. The molecule has 1 heterocycles. The number of carbonyl (C=O) groups is 1. The van der Waals surface area contributed by atoms with Crippen molar-refractivity contribution >= 4 is 45.6 Å². The third-order valence-corrected chi connectivity index (χ3v) is 5.69. The number of thiazole rings is 1. The molecule has 0 aliphatic heterocycles. The van der Waals surface area contributed by atoms with Crippen molar-refractivity contribution in [2.45, 2.75) is 25.9 Å². The molecule has 0 saturated carbocycles. The normalized spacial score (nSPS) is 12.0. The number of nitrogens with one attached hydrogen (secondary N) is 1. The molecular formula is C20H18Cl2N2O2S. The van der Waals surface area contributed by atoms with Crippen LogP contribution in [0.1, 0.15) is 29.4 Å². The number of amides is 1. The summed E-state index contributed by atoms with van der Waals surface area (Å²) < 4.78 is 0. The average Bonchev–Trinajstić information content (AvgIpc) is 3.02. The van der Waals surface area contributed by atoms with Gasteiger partial charge < -0.3 is 10.4 Å². The summed E-state index contributed by atoms with van der Waals surface area (Å²) in [5.74, 6) is -0.181. The van der Waals surface area contributed by atoms with Gasteiger partial charge in [0.15, 0.2) is 5.13 Å². The van der Waals surface area contributed by atoms with Gasteiger partial charge in [-0.2, -0.15) is 0 Å². The van der Waals surface area contributed by atoms with E-state index >= 15 is 0 Å². The van der Waals surface area contributed by atoms with Gasteiger partial charge in [0.2, 0.25) is 5.91 Å². The number of anilines is 1. The second kappa shape index (κ2) is 8.85. The fraction of sp³-hybridized carbons (Fsp3) is 0.200. The monoisotopic (exact) mass is 420 g/mol. The lowest BCUT2D eigenvalue weighted by atomic mass is 10.1. The topological polar surface area (TPSA) is 62.2 Å². The number of aliphatic hydroxyl groups excluding tert-OH is 1. The van der Waals surface area contributed by atoms with Crippen LogP contribution in [0.25, 0.3) is 11.3 Å². The van der Waals surface area contributed by atoms with Gasteiger partial charge in [0.25, 0.3) is 0 Å². The minimum absolute atomic E-state index is 0.181. The van der Waals surface area contributed by atoms with Crippen LogP contribution in [0.3, 0.4) is 0 Å². The molecule has 2 N–H and O–H groups in total. The molecule has 3 rings (SSSR count). The van der Waals surface area contributed by atoms with Crippen molar-refractivity contribution in [2.75, 3.05) is 5.32 Å². The Labute approximate surface area is 171 Å². The molecule has 0 spiro atoms. The summed E-state index contributed by atoms with van der Waals surface area (Å²) in [5, 5.41) is 14.4. The van der Waals surface area contributed by atoms with Crippen molar-refractivity contribution in [3.8, 4) is 11.3 Å². The highest BCUT2D eigenvalue weighted by Crippen LogP contribution is 2.34. The predicted octanol–water partition coefficient (Wildman–Crippen LogP) is 5.88. The van der Waals surface area contributed by atoms with Gasteiger partial charge in [-0.15, -0.1) is 11.3 Å². The SMILES string of the molecule is Cc1sc(NC(=O)CC[C@@H](O)c2ccccc2)nc1-c1ccc(Cl)c(Cl)c1. The van der Waals surface area contributed by atoms with E-state index in [1.807, 2.05) is 43.3 Å². The van der Waals surface area contributed by atoms with Gasteiger partial charge in [0, 0.05) is 16.9 Å². The molecule has 0 aliphatic rings. The summed E-state index contributed by atoms with van der Waals surface area (Å²) in [6, 6.07) is 14.6. The second-order valence-electron chi connectivity index (χ2n) is 6.07. The van der Waals surface area contributed by atoms with E-state index in [1.165, 1.54) is 11.3 Å². The molecule has 4 nitrogen and oxygen atoms in total. The Bertz CT molecular complexity index is 944. The van der Waals surface area contributed by atoms with Crippen LogP contribution < -0.4 is 5.32 Å². The van der Waals surface area contributed by atoms with Crippen LogP contribution in [0.4, 0.5) is 5.13 Å². The standard InChI is InChI=1S/C20H18Cl2N2O2S/c1-12-19(14-7-8-15(21)16(22)11-14)24-20(27-12)23-18(26)10-9-17(25)13-5-3-2-4-6-13/h2-8,11,17,25H,9-10H2,1H3,(H,23,24,26)/t17-/m1/s1. The number of aliphatic hydroxyl groups is 1. The van der Waals surface area contributed by atoms with E-state index in [2.05, 4.69) is 10.3 Å². The van der Waals surface area contributed by atoms with Crippen molar-refractivity contribution in [1.82, 2.24) is 4.98 Å². The molecule has 0 saturated heterocycles. The van der Waals surface area contributed by atoms with Crippen LogP contribution in [-0.2, 0) is 4.79 Å². The molecule has 0 radical (unpaired) electrons. The molecule has 3 aromatic rings. The molecule has 1 amide bonds. The van der Waals surface area contributed by atoms with E-state index in [9.17, 15) is 9.90 Å². The first kappa shape index (κ1) is 19.8. The molecule has 0 bridgehead atoms. The summed E-state index contributed by atoms with van der Waals surface area (Å²) >= 11 is 13.4. The van der Waals surface area contributed by atoms with E-state index < -0.39 is 6.10 Å². The zero-order chi connectivity index (χ0) is 19.4. The molecule has 1 atom stereocenters. The van der Waals surface area contributed by atoms with E-state index in [4.69, 9.17) is 23.2 Å². The maximum Gasteiger partial charge on any atom is 0.226 e. The van der Waals surface area contributed by atoms with Gasteiger partial charge >= 0.3 is 0 Å². The highest BCUT2D eigenvalue weighted by Gasteiger charge is 2.15. The van der Waals surface area contributed by atoms with E-state index in [0.29, 0.717) is 21.6 Å². The number of hydrogen-bond donors (Lipinski definition) is 2. The van der Waals surface area contributed by atoms with Crippen molar-refractivity contribution < 1.29 is 9.90 Å². The van der Waals surface area contributed by atoms with Gasteiger partial charge in [-0.25, -0.2) is 4.98 Å². The van der Waals surface area contributed by atoms with Crippen LogP contribution >= 0.6 is 34.5 Å². The number of carbonyl (C=O) groups excluding carboxylic acids is 1. The molecule has 7 heteroatoms. The smallest absolute Gasteiger partial charge is 0.226 e. The summed E-state index contributed by atoms with van der Waals surface area (Å²) in [5.41, 5.74) is 2.41. The number of benzene rings is 2. The quantitative estimate of drug-likeness (QED) is 0.523. The Kier molecular flexibility index (Phi) is 6.50. The average molecular weight is 421 g/mol. The number of hydrogen-bond acceptors (Lipinski definition) is 4. The van der Waals surface area contributed by atoms with Crippen LogP contribution in [0.15, 0.2) is 48.5 Å². The predicted molar refractivity (Wildman–Crippen MR) is 112 cm³/mol. The summed E-state index contributed by atoms with van der Waals surface area (Å²) in [6.45, 7) is 1.93.